The molecule has 0 saturated carbocycles. The third-order valence-corrected chi connectivity index (χ3v) is 6.64. The van der Waals surface area contributed by atoms with Gasteiger partial charge in [0.1, 0.15) is 12.2 Å². The van der Waals surface area contributed by atoms with E-state index in [0.717, 1.165) is 18.8 Å². The number of benzene rings is 1. The molecule has 0 amide bonds. The van der Waals surface area contributed by atoms with Gasteiger partial charge in [-0.2, -0.15) is 5.26 Å². The maximum Gasteiger partial charge on any atom is 0.250 e. The van der Waals surface area contributed by atoms with E-state index in [0.29, 0.717) is 12.0 Å². The number of hydrogen-bond donors (Lipinski definition) is 3. The van der Waals surface area contributed by atoms with E-state index in [9.17, 15) is 23.9 Å². The number of aliphatic hydroxyl groups is 2. The summed E-state index contributed by atoms with van der Waals surface area (Å²) in [6, 6.07) is 9.17. The molecule has 0 aromatic heterocycles. The van der Waals surface area contributed by atoms with E-state index in [-0.39, 0.29) is 13.2 Å². The predicted molar refractivity (Wildman–Crippen MR) is 109 cm³/mol. The Labute approximate surface area is 171 Å². The minimum Gasteiger partial charge on any atom is -0.390 e. The van der Waals surface area contributed by atoms with Crippen molar-refractivity contribution in [2.24, 2.45) is 0 Å². The van der Waals surface area contributed by atoms with E-state index in [1.807, 2.05) is 12.1 Å². The normalized spacial score (nSPS) is 26.2. The molecule has 2 fully saturated rings. The van der Waals surface area contributed by atoms with Gasteiger partial charge in [0.25, 0.3) is 10.0 Å². The molecule has 0 unspecified atom stereocenters. The van der Waals surface area contributed by atoms with Crippen molar-refractivity contribution in [1.29, 1.82) is 5.26 Å². The second-order valence-corrected chi connectivity index (χ2v) is 9.10. The summed E-state index contributed by atoms with van der Waals surface area (Å²) in [5.74, 6) is 0. The van der Waals surface area contributed by atoms with E-state index < -0.39 is 33.2 Å². The van der Waals surface area contributed by atoms with Crippen LogP contribution in [0.15, 0.2) is 29.2 Å². The molecule has 0 aliphatic carbocycles. The number of allylic oxidation sites excluding steroid dienone is 1. The number of anilines is 1. The van der Waals surface area contributed by atoms with Gasteiger partial charge in [-0.3, -0.25) is 0 Å². The number of ether oxygens (including phenoxy) is 1. The third kappa shape index (κ3) is 5.56. The van der Waals surface area contributed by atoms with Crippen LogP contribution in [0.1, 0.15) is 31.2 Å². The zero-order chi connectivity index (χ0) is 20.9. The Kier molecular flexibility index (Phi) is 7.27. The highest BCUT2D eigenvalue weighted by molar-refractivity contribution is 7.93. The summed E-state index contributed by atoms with van der Waals surface area (Å²) in [5, 5.41) is 28.9. The molecule has 0 radical (unpaired) electrons. The Hall–Kier alpha value is -1.96. The van der Waals surface area contributed by atoms with Gasteiger partial charge in [-0.1, -0.05) is 12.1 Å². The Balaban J connectivity index is 1.67. The molecule has 158 valence electrons. The maximum atomic E-state index is 12.5. The first-order valence-corrected chi connectivity index (χ1v) is 11.3. The second-order valence-electron chi connectivity index (χ2n) is 7.37. The summed E-state index contributed by atoms with van der Waals surface area (Å²) < 4.78 is 32.6. The Morgan fingerprint density at radius 2 is 1.93 bits per heavy atom. The van der Waals surface area contributed by atoms with E-state index >= 15 is 0 Å². The van der Waals surface area contributed by atoms with E-state index in [4.69, 9.17) is 4.74 Å². The number of hydrogen-bond acceptors (Lipinski definition) is 7. The molecule has 29 heavy (non-hydrogen) atoms. The van der Waals surface area contributed by atoms with Gasteiger partial charge in [0, 0.05) is 31.9 Å². The summed E-state index contributed by atoms with van der Waals surface area (Å²) in [7, 11) is -4.07. The molecule has 0 bridgehead atoms. The van der Waals surface area contributed by atoms with Crippen LogP contribution in [0.4, 0.5) is 5.69 Å². The van der Waals surface area contributed by atoms with Crippen LogP contribution in [0.2, 0.25) is 0 Å². The highest BCUT2D eigenvalue weighted by Gasteiger charge is 2.32. The molecule has 3 N–H and O–H groups in total. The van der Waals surface area contributed by atoms with Gasteiger partial charge >= 0.3 is 0 Å². The smallest absolute Gasteiger partial charge is 0.250 e. The van der Waals surface area contributed by atoms with Gasteiger partial charge in [0.2, 0.25) is 0 Å². The monoisotopic (exact) mass is 421 g/mol. The van der Waals surface area contributed by atoms with Gasteiger partial charge in [0.05, 0.1) is 12.2 Å². The van der Waals surface area contributed by atoms with Crippen molar-refractivity contribution in [3.63, 3.8) is 0 Å². The standard InChI is InChI=1S/C20H27N3O5S/c21-13-17(29(26,27)22-14-19-20(25)18(24)8-11-28-19)12-15-4-6-16(7-5-15)23-9-2-1-3-10-23/h4-7,12,18-20,22,24-25H,1-3,8-11,14H2/b17-12+/t18-,19-,20+/m1/s1. The van der Waals surface area contributed by atoms with Crippen LogP contribution in [-0.2, 0) is 14.8 Å². The predicted octanol–water partition coefficient (Wildman–Crippen LogP) is 0.971. The van der Waals surface area contributed by atoms with Crippen molar-refractivity contribution in [2.45, 2.75) is 44.0 Å². The molecular weight excluding hydrogens is 394 g/mol. The number of nitrogens with zero attached hydrogens (tertiary/aromatic N) is 2. The average molecular weight is 422 g/mol. The topological polar surface area (TPSA) is 123 Å². The maximum absolute atomic E-state index is 12.5. The first-order chi connectivity index (χ1) is 13.9. The molecule has 3 atom stereocenters. The van der Waals surface area contributed by atoms with Gasteiger partial charge in [0.15, 0.2) is 4.91 Å². The largest absolute Gasteiger partial charge is 0.390 e. The fourth-order valence-corrected chi connectivity index (χ4v) is 4.51. The van der Waals surface area contributed by atoms with Gasteiger partial charge < -0.3 is 19.8 Å². The van der Waals surface area contributed by atoms with Crippen LogP contribution >= 0.6 is 0 Å². The molecule has 3 rings (SSSR count). The number of nitriles is 1. The van der Waals surface area contributed by atoms with Crippen LogP contribution in [0.3, 0.4) is 0 Å². The SMILES string of the molecule is N#C/C(=C\c1ccc(N2CCCCC2)cc1)S(=O)(=O)NC[C@H]1OCC[C@@H](O)[C@@H]1O. The van der Waals surface area contributed by atoms with Crippen LogP contribution < -0.4 is 9.62 Å². The number of aliphatic hydroxyl groups excluding tert-OH is 2. The molecule has 2 heterocycles. The fourth-order valence-electron chi connectivity index (χ4n) is 3.56. The Morgan fingerprint density at radius 1 is 1.24 bits per heavy atom. The summed E-state index contributed by atoms with van der Waals surface area (Å²) in [6.45, 7) is 2.03. The average Bonchev–Trinajstić information content (AvgIpc) is 2.74. The van der Waals surface area contributed by atoms with Gasteiger partial charge in [-0.15, -0.1) is 0 Å². The number of piperidine rings is 1. The molecule has 9 heteroatoms. The van der Waals surface area contributed by atoms with Gasteiger partial charge in [-0.25, -0.2) is 13.1 Å². The van der Waals surface area contributed by atoms with Crippen molar-refractivity contribution in [3.8, 4) is 6.07 Å². The van der Waals surface area contributed by atoms with Crippen molar-refractivity contribution in [1.82, 2.24) is 4.72 Å². The van der Waals surface area contributed by atoms with Crippen molar-refractivity contribution in [3.05, 3.63) is 34.7 Å². The summed E-state index contributed by atoms with van der Waals surface area (Å²) in [6.07, 6.45) is 2.19. The zero-order valence-electron chi connectivity index (χ0n) is 16.2. The minimum absolute atomic E-state index is 0.229. The highest BCUT2D eigenvalue weighted by atomic mass is 32.2. The molecule has 1 aromatic rings. The quantitative estimate of drug-likeness (QED) is 0.585. The van der Waals surface area contributed by atoms with Crippen LogP contribution in [0.5, 0.6) is 0 Å². The lowest BCUT2D eigenvalue weighted by Gasteiger charge is -2.31. The van der Waals surface area contributed by atoms with E-state index in [1.54, 1.807) is 18.2 Å². The number of sulfonamides is 1. The second kappa shape index (κ2) is 9.69. The Morgan fingerprint density at radius 3 is 2.59 bits per heavy atom. The summed E-state index contributed by atoms with van der Waals surface area (Å²) in [4.78, 5) is 1.87. The molecular formula is C20H27N3O5S. The first-order valence-electron chi connectivity index (χ1n) is 9.85. The number of nitrogens with one attached hydrogen (secondary N) is 1. The van der Waals surface area contributed by atoms with Crippen molar-refractivity contribution < 1.29 is 23.4 Å². The molecule has 0 spiro atoms. The molecule has 2 aliphatic rings. The van der Waals surface area contributed by atoms with Crippen LogP contribution in [0, 0.1) is 11.3 Å². The van der Waals surface area contributed by atoms with E-state index in [1.165, 1.54) is 25.3 Å². The Bertz CT molecular complexity index is 857. The molecule has 1 aromatic carbocycles. The van der Waals surface area contributed by atoms with Crippen molar-refractivity contribution in [2.75, 3.05) is 31.1 Å². The molecule has 2 aliphatic heterocycles. The number of rotatable bonds is 6. The summed E-state index contributed by atoms with van der Waals surface area (Å²) >= 11 is 0. The zero-order valence-corrected chi connectivity index (χ0v) is 17.0. The molecule has 8 nitrogen and oxygen atoms in total. The van der Waals surface area contributed by atoms with Crippen LogP contribution in [0.25, 0.3) is 6.08 Å². The van der Waals surface area contributed by atoms with Crippen molar-refractivity contribution >= 4 is 21.8 Å². The molecule has 2 saturated heterocycles. The fraction of sp³-hybridized carbons (Fsp3) is 0.550. The lowest BCUT2D eigenvalue weighted by atomic mass is 10.0. The third-order valence-electron chi connectivity index (χ3n) is 5.31. The highest BCUT2D eigenvalue weighted by Crippen LogP contribution is 2.22. The van der Waals surface area contributed by atoms with E-state index in [2.05, 4.69) is 9.62 Å². The summed E-state index contributed by atoms with van der Waals surface area (Å²) in [5.41, 5.74) is 1.69. The first kappa shape index (κ1) is 21.7. The lowest BCUT2D eigenvalue weighted by Crippen LogP contribution is -2.49. The van der Waals surface area contributed by atoms with Gasteiger partial charge in [-0.05, 0) is 49.5 Å². The lowest BCUT2D eigenvalue weighted by molar-refractivity contribution is -0.131. The minimum atomic E-state index is -4.07. The van der Waals surface area contributed by atoms with Crippen LogP contribution in [-0.4, -0.2) is 63.2 Å².